The van der Waals surface area contributed by atoms with Gasteiger partial charge < -0.3 is 20.2 Å². The number of aromatic carboxylic acids is 1. The van der Waals surface area contributed by atoms with Crippen molar-refractivity contribution in [3.05, 3.63) is 29.8 Å². The van der Waals surface area contributed by atoms with E-state index in [0.29, 0.717) is 12.2 Å². The van der Waals surface area contributed by atoms with Crippen molar-refractivity contribution in [2.24, 2.45) is 0 Å². The van der Waals surface area contributed by atoms with E-state index in [0.717, 1.165) is 19.5 Å². The van der Waals surface area contributed by atoms with Crippen molar-refractivity contribution in [2.45, 2.75) is 19.4 Å². The Morgan fingerprint density at radius 1 is 1.29 bits per heavy atom. The van der Waals surface area contributed by atoms with Crippen molar-refractivity contribution in [1.82, 2.24) is 9.80 Å². The van der Waals surface area contributed by atoms with E-state index in [1.54, 1.807) is 23.1 Å². The SMILES string of the molecule is CC1CN(C)CCCN1C(=O)Nc1ccccc1C(=O)O. The summed E-state index contributed by atoms with van der Waals surface area (Å²) in [5.74, 6) is -1.05. The number of carboxylic acid groups (broad SMARTS) is 1. The van der Waals surface area contributed by atoms with Crippen molar-refractivity contribution in [3.63, 3.8) is 0 Å². The number of nitrogens with one attached hydrogen (secondary N) is 1. The number of para-hydroxylation sites is 1. The molecule has 6 nitrogen and oxygen atoms in total. The largest absolute Gasteiger partial charge is 0.478 e. The smallest absolute Gasteiger partial charge is 0.337 e. The zero-order valence-corrected chi connectivity index (χ0v) is 12.4. The number of nitrogens with zero attached hydrogens (tertiary/aromatic N) is 2. The van der Waals surface area contributed by atoms with Crippen molar-refractivity contribution in [3.8, 4) is 0 Å². The minimum absolute atomic E-state index is 0.0921. The van der Waals surface area contributed by atoms with E-state index in [1.807, 2.05) is 14.0 Å². The third kappa shape index (κ3) is 3.72. The second-order valence-electron chi connectivity index (χ2n) is 5.44. The van der Waals surface area contributed by atoms with E-state index in [1.165, 1.54) is 6.07 Å². The average molecular weight is 291 g/mol. The number of rotatable bonds is 2. The first kappa shape index (κ1) is 15.3. The summed E-state index contributed by atoms with van der Waals surface area (Å²) >= 11 is 0. The van der Waals surface area contributed by atoms with Crippen LogP contribution in [0.4, 0.5) is 10.5 Å². The van der Waals surface area contributed by atoms with Gasteiger partial charge in [0.2, 0.25) is 0 Å². The fraction of sp³-hybridized carbons (Fsp3) is 0.467. The first-order valence-corrected chi connectivity index (χ1v) is 7.07. The van der Waals surface area contributed by atoms with Gasteiger partial charge in [-0.15, -0.1) is 0 Å². The van der Waals surface area contributed by atoms with E-state index in [-0.39, 0.29) is 17.6 Å². The van der Waals surface area contributed by atoms with Gasteiger partial charge in [-0.3, -0.25) is 0 Å². The lowest BCUT2D eigenvalue weighted by molar-refractivity contribution is 0.0698. The molecule has 0 aliphatic carbocycles. The normalized spacial score (nSPS) is 19.9. The molecule has 1 aliphatic rings. The predicted molar refractivity (Wildman–Crippen MR) is 80.7 cm³/mol. The molecule has 1 saturated heterocycles. The Kier molecular flexibility index (Phi) is 4.80. The summed E-state index contributed by atoms with van der Waals surface area (Å²) in [7, 11) is 2.04. The highest BCUT2D eigenvalue weighted by atomic mass is 16.4. The van der Waals surface area contributed by atoms with Crippen LogP contribution in [0.15, 0.2) is 24.3 Å². The van der Waals surface area contributed by atoms with Gasteiger partial charge in [-0.25, -0.2) is 9.59 Å². The summed E-state index contributed by atoms with van der Waals surface area (Å²) in [5.41, 5.74) is 0.435. The third-order valence-electron chi connectivity index (χ3n) is 3.71. The first-order valence-electron chi connectivity index (χ1n) is 7.07. The maximum Gasteiger partial charge on any atom is 0.337 e. The van der Waals surface area contributed by atoms with Crippen LogP contribution < -0.4 is 5.32 Å². The predicted octanol–water partition coefficient (Wildman–Crippen LogP) is 1.94. The number of likely N-dealkylation sites (N-methyl/N-ethyl adjacent to an activating group) is 1. The Morgan fingerprint density at radius 3 is 2.71 bits per heavy atom. The number of carbonyl (C=O) groups is 2. The van der Waals surface area contributed by atoms with Crippen LogP contribution in [0.2, 0.25) is 0 Å². The molecule has 0 aromatic heterocycles. The minimum atomic E-state index is -1.05. The van der Waals surface area contributed by atoms with E-state index in [9.17, 15) is 9.59 Å². The molecule has 1 aromatic carbocycles. The Bertz CT molecular complexity index is 533. The van der Waals surface area contributed by atoms with Crippen LogP contribution >= 0.6 is 0 Å². The molecular formula is C15H21N3O3. The molecule has 2 N–H and O–H groups in total. The number of hydrogen-bond donors (Lipinski definition) is 2. The van der Waals surface area contributed by atoms with Crippen LogP contribution in [0, 0.1) is 0 Å². The van der Waals surface area contributed by atoms with E-state index in [4.69, 9.17) is 5.11 Å². The highest BCUT2D eigenvalue weighted by molar-refractivity contribution is 6.00. The van der Waals surface area contributed by atoms with E-state index in [2.05, 4.69) is 10.2 Å². The summed E-state index contributed by atoms with van der Waals surface area (Å²) in [5, 5.41) is 11.9. The number of benzene rings is 1. The Balaban J connectivity index is 2.12. The number of urea groups is 1. The second kappa shape index (κ2) is 6.58. The fourth-order valence-corrected chi connectivity index (χ4v) is 2.64. The van der Waals surface area contributed by atoms with Crippen LogP contribution in [0.5, 0.6) is 0 Å². The van der Waals surface area contributed by atoms with Gasteiger partial charge in [-0.1, -0.05) is 12.1 Å². The van der Waals surface area contributed by atoms with Gasteiger partial charge >= 0.3 is 12.0 Å². The summed E-state index contributed by atoms with van der Waals surface area (Å²) in [6, 6.07) is 6.29. The fourth-order valence-electron chi connectivity index (χ4n) is 2.64. The number of anilines is 1. The molecule has 0 saturated carbocycles. The molecule has 1 unspecified atom stereocenters. The quantitative estimate of drug-likeness (QED) is 0.873. The zero-order chi connectivity index (χ0) is 15.4. The standard InChI is InChI=1S/C15H21N3O3/c1-11-10-17(2)8-5-9-18(11)15(21)16-13-7-4-3-6-12(13)14(19)20/h3-4,6-7,11H,5,8-10H2,1-2H3,(H,16,21)(H,19,20). The lowest BCUT2D eigenvalue weighted by Gasteiger charge is -2.28. The van der Waals surface area contributed by atoms with Gasteiger partial charge in [0.1, 0.15) is 0 Å². The van der Waals surface area contributed by atoms with Crippen molar-refractivity contribution in [1.29, 1.82) is 0 Å². The summed E-state index contributed by atoms with van der Waals surface area (Å²) < 4.78 is 0. The number of carbonyl (C=O) groups excluding carboxylic acids is 1. The van der Waals surface area contributed by atoms with Crippen molar-refractivity contribution >= 4 is 17.7 Å². The minimum Gasteiger partial charge on any atom is -0.478 e. The molecule has 6 heteroatoms. The maximum atomic E-state index is 12.4. The molecule has 1 fully saturated rings. The van der Waals surface area contributed by atoms with E-state index >= 15 is 0 Å². The summed E-state index contributed by atoms with van der Waals surface area (Å²) in [6.07, 6.45) is 0.912. The van der Waals surface area contributed by atoms with Crippen molar-refractivity contribution < 1.29 is 14.7 Å². The molecule has 0 spiro atoms. The Hall–Kier alpha value is -2.08. The van der Waals surface area contributed by atoms with Gasteiger partial charge in [0.05, 0.1) is 11.3 Å². The summed E-state index contributed by atoms with van der Waals surface area (Å²) in [4.78, 5) is 27.5. The highest BCUT2D eigenvalue weighted by Crippen LogP contribution is 2.17. The first-order chi connectivity index (χ1) is 9.99. The summed E-state index contributed by atoms with van der Waals surface area (Å²) in [6.45, 7) is 4.45. The molecule has 0 bridgehead atoms. The highest BCUT2D eigenvalue weighted by Gasteiger charge is 2.24. The van der Waals surface area contributed by atoms with Crippen LogP contribution in [0.25, 0.3) is 0 Å². The molecule has 2 amide bonds. The monoisotopic (exact) mass is 291 g/mol. The molecule has 114 valence electrons. The molecule has 0 radical (unpaired) electrons. The van der Waals surface area contributed by atoms with E-state index < -0.39 is 5.97 Å². The Labute approximate surface area is 124 Å². The Morgan fingerprint density at radius 2 is 2.00 bits per heavy atom. The van der Waals surface area contributed by atoms with Crippen LogP contribution in [-0.4, -0.2) is 59.6 Å². The lowest BCUT2D eigenvalue weighted by Crippen LogP contribution is -2.44. The molecule has 1 atom stereocenters. The second-order valence-corrected chi connectivity index (χ2v) is 5.44. The lowest BCUT2D eigenvalue weighted by atomic mass is 10.2. The van der Waals surface area contributed by atoms with Crippen molar-refractivity contribution in [2.75, 3.05) is 32.0 Å². The number of hydrogen-bond acceptors (Lipinski definition) is 3. The number of carboxylic acids is 1. The van der Waals surface area contributed by atoms with Gasteiger partial charge in [-0.2, -0.15) is 0 Å². The molecule has 2 rings (SSSR count). The number of amides is 2. The topological polar surface area (TPSA) is 72.9 Å². The molecular weight excluding hydrogens is 270 g/mol. The molecule has 21 heavy (non-hydrogen) atoms. The van der Waals surface area contributed by atoms with Crippen LogP contribution in [0.1, 0.15) is 23.7 Å². The molecule has 1 aromatic rings. The molecule has 1 heterocycles. The van der Waals surface area contributed by atoms with Crippen LogP contribution in [-0.2, 0) is 0 Å². The van der Waals surface area contributed by atoms with Gasteiger partial charge in [0.25, 0.3) is 0 Å². The van der Waals surface area contributed by atoms with Gasteiger partial charge in [-0.05, 0) is 39.1 Å². The maximum absolute atomic E-state index is 12.4. The van der Waals surface area contributed by atoms with Gasteiger partial charge in [0.15, 0.2) is 0 Å². The zero-order valence-electron chi connectivity index (χ0n) is 12.4. The average Bonchev–Trinajstić information content (AvgIpc) is 2.59. The van der Waals surface area contributed by atoms with Crippen LogP contribution in [0.3, 0.4) is 0 Å². The third-order valence-corrected chi connectivity index (χ3v) is 3.71. The van der Waals surface area contributed by atoms with Gasteiger partial charge in [0, 0.05) is 19.1 Å². The molecule has 1 aliphatic heterocycles.